The molecule has 5 heteroatoms. The van der Waals surface area contributed by atoms with E-state index in [0.717, 1.165) is 12.8 Å². The summed E-state index contributed by atoms with van der Waals surface area (Å²) in [4.78, 5) is 25.8. The van der Waals surface area contributed by atoms with Crippen LogP contribution in [0.3, 0.4) is 0 Å². The highest BCUT2D eigenvalue weighted by Crippen LogP contribution is 2.34. The Morgan fingerprint density at radius 1 is 1.20 bits per heavy atom. The number of primary amides is 1. The summed E-state index contributed by atoms with van der Waals surface area (Å²) >= 11 is 0. The van der Waals surface area contributed by atoms with Gasteiger partial charge in [0.2, 0.25) is 11.8 Å². The SMILES string of the molecule is CNC1(CC(=O)N2CCC(C)(C(N)=O)C2)CCCCC1. The first-order chi connectivity index (χ1) is 9.41. The molecule has 2 rings (SSSR count). The summed E-state index contributed by atoms with van der Waals surface area (Å²) in [6.45, 7) is 2.98. The van der Waals surface area contributed by atoms with Crippen LogP contribution in [0, 0.1) is 5.41 Å². The van der Waals surface area contributed by atoms with Gasteiger partial charge in [0, 0.05) is 25.0 Å². The van der Waals surface area contributed by atoms with E-state index in [0.29, 0.717) is 25.9 Å². The Labute approximate surface area is 121 Å². The second-order valence-corrected chi connectivity index (χ2v) is 6.76. The molecule has 1 unspecified atom stereocenters. The quantitative estimate of drug-likeness (QED) is 0.808. The van der Waals surface area contributed by atoms with Crippen molar-refractivity contribution < 1.29 is 9.59 Å². The zero-order valence-electron chi connectivity index (χ0n) is 12.7. The van der Waals surface area contributed by atoms with E-state index in [1.54, 1.807) is 0 Å². The maximum Gasteiger partial charge on any atom is 0.225 e. The summed E-state index contributed by atoms with van der Waals surface area (Å²) in [7, 11) is 1.95. The molecule has 1 heterocycles. The van der Waals surface area contributed by atoms with Crippen LogP contribution < -0.4 is 11.1 Å². The van der Waals surface area contributed by atoms with Crippen molar-refractivity contribution >= 4 is 11.8 Å². The van der Waals surface area contributed by atoms with Gasteiger partial charge in [-0.3, -0.25) is 9.59 Å². The molecule has 0 aromatic carbocycles. The van der Waals surface area contributed by atoms with Crippen LogP contribution in [0.4, 0.5) is 0 Å². The molecule has 2 aliphatic rings. The Morgan fingerprint density at radius 3 is 2.35 bits per heavy atom. The first-order valence-corrected chi connectivity index (χ1v) is 7.67. The molecule has 3 N–H and O–H groups in total. The minimum absolute atomic E-state index is 0.0406. The van der Waals surface area contributed by atoms with Crippen molar-refractivity contribution in [3.63, 3.8) is 0 Å². The molecule has 1 aliphatic heterocycles. The Bertz CT molecular complexity index is 391. The number of nitrogens with two attached hydrogens (primary N) is 1. The predicted molar refractivity (Wildman–Crippen MR) is 78.0 cm³/mol. The molecule has 2 amide bonds. The van der Waals surface area contributed by atoms with Gasteiger partial charge in [0.05, 0.1) is 5.41 Å². The van der Waals surface area contributed by atoms with Crippen LogP contribution in [0.1, 0.15) is 51.9 Å². The van der Waals surface area contributed by atoms with Crippen molar-refractivity contribution in [1.29, 1.82) is 0 Å². The average Bonchev–Trinajstić information content (AvgIpc) is 2.84. The number of nitrogens with one attached hydrogen (secondary N) is 1. The van der Waals surface area contributed by atoms with Crippen LogP contribution in [0.2, 0.25) is 0 Å². The van der Waals surface area contributed by atoms with E-state index in [1.165, 1.54) is 19.3 Å². The van der Waals surface area contributed by atoms with Gasteiger partial charge in [0.25, 0.3) is 0 Å². The predicted octanol–water partition coefficient (Wildman–Crippen LogP) is 1.02. The molecule has 1 aliphatic carbocycles. The number of hydrogen-bond donors (Lipinski definition) is 2. The Morgan fingerprint density at radius 2 is 1.85 bits per heavy atom. The van der Waals surface area contributed by atoms with E-state index in [-0.39, 0.29) is 17.4 Å². The Kier molecular flexibility index (Phi) is 4.37. The molecule has 0 aromatic heterocycles. The normalized spacial score (nSPS) is 29.4. The average molecular weight is 281 g/mol. The molecule has 20 heavy (non-hydrogen) atoms. The minimum atomic E-state index is -0.547. The lowest BCUT2D eigenvalue weighted by atomic mass is 9.79. The molecule has 0 aromatic rings. The van der Waals surface area contributed by atoms with Crippen molar-refractivity contribution in [3.05, 3.63) is 0 Å². The zero-order valence-corrected chi connectivity index (χ0v) is 12.7. The minimum Gasteiger partial charge on any atom is -0.369 e. The van der Waals surface area contributed by atoms with Gasteiger partial charge in [-0.25, -0.2) is 0 Å². The van der Waals surface area contributed by atoms with Gasteiger partial charge in [-0.05, 0) is 33.2 Å². The van der Waals surface area contributed by atoms with E-state index in [2.05, 4.69) is 5.32 Å². The lowest BCUT2D eigenvalue weighted by molar-refractivity contribution is -0.133. The molecule has 5 nitrogen and oxygen atoms in total. The number of carbonyl (C=O) groups is 2. The molecule has 0 spiro atoms. The highest BCUT2D eigenvalue weighted by molar-refractivity contribution is 5.84. The first-order valence-electron chi connectivity index (χ1n) is 7.67. The van der Waals surface area contributed by atoms with Crippen LogP contribution >= 0.6 is 0 Å². The van der Waals surface area contributed by atoms with Crippen molar-refractivity contribution in [2.45, 2.75) is 57.4 Å². The lowest BCUT2D eigenvalue weighted by Gasteiger charge is -2.37. The topological polar surface area (TPSA) is 75.4 Å². The fourth-order valence-corrected chi connectivity index (χ4v) is 3.52. The summed E-state index contributed by atoms with van der Waals surface area (Å²) in [6.07, 6.45) is 6.99. The summed E-state index contributed by atoms with van der Waals surface area (Å²) < 4.78 is 0. The molecule has 114 valence electrons. The van der Waals surface area contributed by atoms with Gasteiger partial charge >= 0.3 is 0 Å². The summed E-state index contributed by atoms with van der Waals surface area (Å²) in [6, 6.07) is 0. The number of carbonyl (C=O) groups excluding carboxylic acids is 2. The fourth-order valence-electron chi connectivity index (χ4n) is 3.52. The second kappa shape index (κ2) is 5.72. The molecule has 1 atom stereocenters. The lowest BCUT2D eigenvalue weighted by Crippen LogP contribution is -2.49. The Balaban J connectivity index is 1.97. The van der Waals surface area contributed by atoms with Crippen LogP contribution in [-0.4, -0.2) is 42.4 Å². The number of hydrogen-bond acceptors (Lipinski definition) is 3. The van der Waals surface area contributed by atoms with Crippen LogP contribution in [0.25, 0.3) is 0 Å². The number of likely N-dealkylation sites (tertiary alicyclic amines) is 1. The third-order valence-corrected chi connectivity index (χ3v) is 5.25. The molecule has 1 saturated carbocycles. The number of nitrogens with zero attached hydrogens (tertiary/aromatic N) is 1. The van der Waals surface area contributed by atoms with E-state index >= 15 is 0 Å². The van der Waals surface area contributed by atoms with Crippen molar-refractivity contribution in [2.24, 2.45) is 11.1 Å². The molecule has 0 bridgehead atoms. The van der Waals surface area contributed by atoms with Gasteiger partial charge in [-0.2, -0.15) is 0 Å². The Hall–Kier alpha value is -1.10. The smallest absolute Gasteiger partial charge is 0.225 e. The standard InChI is InChI=1S/C15H27N3O2/c1-14(13(16)20)8-9-18(11-14)12(19)10-15(17-2)6-4-3-5-7-15/h17H,3-11H2,1-2H3,(H2,16,20). The third-order valence-electron chi connectivity index (χ3n) is 5.25. The largest absolute Gasteiger partial charge is 0.369 e. The first kappa shape index (κ1) is 15.3. The van der Waals surface area contributed by atoms with Gasteiger partial charge in [-0.15, -0.1) is 0 Å². The fraction of sp³-hybridized carbons (Fsp3) is 0.867. The number of amides is 2. The van der Waals surface area contributed by atoms with Crippen LogP contribution in [0.5, 0.6) is 0 Å². The van der Waals surface area contributed by atoms with Crippen molar-refractivity contribution in [3.8, 4) is 0 Å². The maximum atomic E-state index is 12.5. The molecular formula is C15H27N3O2. The van der Waals surface area contributed by atoms with Gasteiger partial charge in [0.1, 0.15) is 0 Å². The summed E-state index contributed by atoms with van der Waals surface area (Å²) in [5.74, 6) is -0.139. The van der Waals surface area contributed by atoms with E-state index < -0.39 is 5.41 Å². The highest BCUT2D eigenvalue weighted by Gasteiger charge is 2.42. The maximum absolute atomic E-state index is 12.5. The molecule has 0 radical (unpaired) electrons. The van der Waals surface area contributed by atoms with E-state index in [1.807, 2.05) is 18.9 Å². The molecule has 2 fully saturated rings. The van der Waals surface area contributed by atoms with Crippen LogP contribution in [-0.2, 0) is 9.59 Å². The van der Waals surface area contributed by atoms with Crippen molar-refractivity contribution in [1.82, 2.24) is 10.2 Å². The van der Waals surface area contributed by atoms with Gasteiger partial charge in [-0.1, -0.05) is 19.3 Å². The highest BCUT2D eigenvalue weighted by atomic mass is 16.2. The van der Waals surface area contributed by atoms with Gasteiger partial charge < -0.3 is 16.0 Å². The monoisotopic (exact) mass is 281 g/mol. The molecule has 1 saturated heterocycles. The van der Waals surface area contributed by atoms with E-state index in [9.17, 15) is 9.59 Å². The molecular weight excluding hydrogens is 254 g/mol. The summed E-state index contributed by atoms with van der Waals surface area (Å²) in [5.41, 5.74) is 4.85. The van der Waals surface area contributed by atoms with E-state index in [4.69, 9.17) is 5.73 Å². The number of rotatable bonds is 4. The zero-order chi connectivity index (χ0) is 14.8. The van der Waals surface area contributed by atoms with Crippen LogP contribution in [0.15, 0.2) is 0 Å². The summed E-state index contributed by atoms with van der Waals surface area (Å²) in [5, 5.41) is 3.38. The third kappa shape index (κ3) is 2.97. The second-order valence-electron chi connectivity index (χ2n) is 6.76. The van der Waals surface area contributed by atoms with Gasteiger partial charge in [0.15, 0.2) is 0 Å². The van der Waals surface area contributed by atoms with Crippen molar-refractivity contribution in [2.75, 3.05) is 20.1 Å².